The Morgan fingerprint density at radius 2 is 1.09 bits per heavy atom. The number of hydrogen-bond donors (Lipinski definition) is 2. The smallest absolute Gasteiger partial charge is 0.253 e. The molecule has 2 N–H and O–H groups in total. The second kappa shape index (κ2) is 14.8. The van der Waals surface area contributed by atoms with Crippen LogP contribution in [0.1, 0.15) is 74.1 Å². The number of anilines is 2. The summed E-state index contributed by atoms with van der Waals surface area (Å²) in [4.78, 5) is 42.0. The summed E-state index contributed by atoms with van der Waals surface area (Å²) in [6.07, 6.45) is 3.61. The van der Waals surface area contributed by atoms with E-state index >= 15 is 0 Å². The average Bonchev–Trinajstić information content (AvgIpc) is 2.86. The van der Waals surface area contributed by atoms with Crippen molar-refractivity contribution in [2.24, 2.45) is 0 Å². The maximum atomic E-state index is 12.9. The first kappa shape index (κ1) is 27.9. The van der Waals surface area contributed by atoms with Crippen LogP contribution in [-0.4, -0.2) is 60.2 Å². The molecule has 0 saturated heterocycles. The van der Waals surface area contributed by atoms with Crippen LogP contribution in [0.4, 0.5) is 11.4 Å². The highest BCUT2D eigenvalue weighted by molar-refractivity contribution is 5.98. The number of benzene rings is 2. The number of nitrogens with zero attached hydrogens (tertiary/aromatic N) is 2. The van der Waals surface area contributed by atoms with Crippen molar-refractivity contribution in [1.82, 2.24) is 9.80 Å². The SMILES string of the molecule is CCCN(CCC)C(=O)c1cccc(NCC(=O)Nc2cccc(C(=O)N(CCC)CCC)c2)c1. The lowest BCUT2D eigenvalue weighted by Gasteiger charge is -2.22. The summed E-state index contributed by atoms with van der Waals surface area (Å²) < 4.78 is 0. The molecule has 0 radical (unpaired) electrons. The molecule has 0 spiro atoms. The van der Waals surface area contributed by atoms with E-state index in [4.69, 9.17) is 0 Å². The number of carbonyl (C=O) groups excluding carboxylic acids is 3. The van der Waals surface area contributed by atoms with E-state index in [1.807, 2.05) is 21.9 Å². The van der Waals surface area contributed by atoms with Gasteiger partial charge in [0.05, 0.1) is 6.54 Å². The van der Waals surface area contributed by atoms with Crippen molar-refractivity contribution in [1.29, 1.82) is 0 Å². The molecule has 0 fully saturated rings. The van der Waals surface area contributed by atoms with Crippen molar-refractivity contribution in [2.75, 3.05) is 43.4 Å². The van der Waals surface area contributed by atoms with Crippen LogP contribution in [0, 0.1) is 0 Å². The second-order valence-electron chi connectivity index (χ2n) is 8.65. The summed E-state index contributed by atoms with van der Waals surface area (Å²) in [5.41, 5.74) is 2.45. The highest BCUT2D eigenvalue weighted by Crippen LogP contribution is 2.15. The van der Waals surface area contributed by atoms with Gasteiger partial charge in [0.2, 0.25) is 5.91 Å². The molecular weight excluding hydrogens is 440 g/mol. The zero-order chi connectivity index (χ0) is 25.6. The Balaban J connectivity index is 1.99. The first-order chi connectivity index (χ1) is 16.9. The average molecular weight is 481 g/mol. The minimum atomic E-state index is -0.233. The molecule has 3 amide bonds. The van der Waals surface area contributed by atoms with E-state index in [1.54, 1.807) is 36.4 Å². The molecule has 0 aromatic heterocycles. The largest absolute Gasteiger partial charge is 0.376 e. The highest BCUT2D eigenvalue weighted by atomic mass is 16.2. The highest BCUT2D eigenvalue weighted by Gasteiger charge is 2.16. The fourth-order valence-electron chi connectivity index (χ4n) is 3.95. The molecule has 35 heavy (non-hydrogen) atoms. The maximum absolute atomic E-state index is 12.9. The number of carbonyl (C=O) groups is 3. The first-order valence-electron chi connectivity index (χ1n) is 12.8. The number of rotatable bonds is 14. The Hall–Kier alpha value is -3.35. The Labute approximate surface area is 209 Å². The van der Waals surface area contributed by atoms with Crippen LogP contribution in [0.5, 0.6) is 0 Å². The quantitative estimate of drug-likeness (QED) is 0.386. The summed E-state index contributed by atoms with van der Waals surface area (Å²) >= 11 is 0. The van der Waals surface area contributed by atoms with Crippen LogP contribution in [0.3, 0.4) is 0 Å². The molecular formula is C28H40N4O3. The van der Waals surface area contributed by atoms with Crippen LogP contribution in [0.25, 0.3) is 0 Å². The molecule has 7 nitrogen and oxygen atoms in total. The van der Waals surface area contributed by atoms with Gasteiger partial charge in [0, 0.05) is 48.7 Å². The Kier molecular flexibility index (Phi) is 11.8. The molecule has 0 aliphatic heterocycles. The van der Waals surface area contributed by atoms with E-state index in [-0.39, 0.29) is 24.3 Å². The van der Waals surface area contributed by atoms with E-state index in [2.05, 4.69) is 38.3 Å². The van der Waals surface area contributed by atoms with Crippen LogP contribution < -0.4 is 10.6 Å². The summed E-state index contributed by atoms with van der Waals surface area (Å²) in [5, 5.41) is 5.95. The number of nitrogens with one attached hydrogen (secondary N) is 2. The van der Waals surface area contributed by atoms with Gasteiger partial charge in [-0.05, 0) is 62.1 Å². The zero-order valence-corrected chi connectivity index (χ0v) is 21.6. The Morgan fingerprint density at radius 3 is 1.54 bits per heavy atom. The van der Waals surface area contributed by atoms with E-state index in [0.29, 0.717) is 35.6 Å². The minimum Gasteiger partial charge on any atom is -0.376 e. The lowest BCUT2D eigenvalue weighted by molar-refractivity contribution is -0.114. The molecule has 0 bridgehead atoms. The molecule has 2 aromatic rings. The summed E-state index contributed by atoms with van der Waals surface area (Å²) in [7, 11) is 0. The van der Waals surface area contributed by atoms with Gasteiger partial charge in [0.25, 0.3) is 11.8 Å². The van der Waals surface area contributed by atoms with E-state index in [0.717, 1.165) is 38.8 Å². The first-order valence-corrected chi connectivity index (χ1v) is 12.8. The third-order valence-electron chi connectivity index (χ3n) is 5.50. The number of amides is 3. The van der Waals surface area contributed by atoms with Crippen LogP contribution >= 0.6 is 0 Å². The topological polar surface area (TPSA) is 81.8 Å². The van der Waals surface area contributed by atoms with Crippen molar-refractivity contribution in [3.05, 3.63) is 59.7 Å². The molecule has 190 valence electrons. The fourth-order valence-corrected chi connectivity index (χ4v) is 3.95. The second-order valence-corrected chi connectivity index (χ2v) is 8.65. The standard InChI is InChI=1S/C28H40N4O3/c1-5-15-31(16-6-2)27(34)22-11-9-13-24(19-22)29-21-26(33)30-25-14-10-12-23(20-25)28(35)32(17-7-3)18-8-4/h9-14,19-20,29H,5-8,15-18,21H2,1-4H3,(H,30,33). The number of hydrogen-bond acceptors (Lipinski definition) is 4. The zero-order valence-electron chi connectivity index (χ0n) is 21.6. The van der Waals surface area contributed by atoms with Crippen LogP contribution in [0.2, 0.25) is 0 Å². The predicted molar refractivity (Wildman–Crippen MR) is 143 cm³/mol. The van der Waals surface area contributed by atoms with Gasteiger partial charge in [0.15, 0.2) is 0 Å². The van der Waals surface area contributed by atoms with Gasteiger partial charge >= 0.3 is 0 Å². The molecule has 0 unspecified atom stereocenters. The van der Waals surface area contributed by atoms with Gasteiger partial charge in [-0.1, -0.05) is 39.8 Å². The van der Waals surface area contributed by atoms with Crippen molar-refractivity contribution in [3.8, 4) is 0 Å². The third-order valence-corrected chi connectivity index (χ3v) is 5.50. The van der Waals surface area contributed by atoms with Crippen LogP contribution in [-0.2, 0) is 4.79 Å². The molecule has 2 aromatic carbocycles. The van der Waals surface area contributed by atoms with Gasteiger partial charge in [-0.25, -0.2) is 0 Å². The summed E-state index contributed by atoms with van der Waals surface area (Å²) in [6, 6.07) is 14.3. The molecule has 7 heteroatoms. The predicted octanol–water partition coefficient (Wildman–Crippen LogP) is 5.26. The lowest BCUT2D eigenvalue weighted by Crippen LogP contribution is -2.32. The van der Waals surface area contributed by atoms with E-state index < -0.39 is 0 Å². The Morgan fingerprint density at radius 1 is 0.657 bits per heavy atom. The molecule has 0 heterocycles. The van der Waals surface area contributed by atoms with Gasteiger partial charge in [-0.2, -0.15) is 0 Å². The van der Waals surface area contributed by atoms with Crippen molar-refractivity contribution in [3.63, 3.8) is 0 Å². The monoisotopic (exact) mass is 480 g/mol. The van der Waals surface area contributed by atoms with Gasteiger partial charge < -0.3 is 20.4 Å². The molecule has 0 atom stereocenters. The Bertz CT molecular complexity index is 964. The van der Waals surface area contributed by atoms with Gasteiger partial charge in [-0.3, -0.25) is 14.4 Å². The normalized spacial score (nSPS) is 10.5. The summed E-state index contributed by atoms with van der Waals surface area (Å²) in [5.74, 6) is -0.253. The fraction of sp³-hybridized carbons (Fsp3) is 0.464. The van der Waals surface area contributed by atoms with E-state index in [9.17, 15) is 14.4 Å². The third kappa shape index (κ3) is 8.74. The lowest BCUT2D eigenvalue weighted by atomic mass is 10.1. The summed E-state index contributed by atoms with van der Waals surface area (Å²) in [6.45, 7) is 11.1. The van der Waals surface area contributed by atoms with Crippen LogP contribution in [0.15, 0.2) is 48.5 Å². The van der Waals surface area contributed by atoms with Gasteiger partial charge in [0.1, 0.15) is 0 Å². The van der Waals surface area contributed by atoms with Crippen molar-refractivity contribution in [2.45, 2.75) is 53.4 Å². The molecule has 0 aliphatic rings. The van der Waals surface area contributed by atoms with Gasteiger partial charge in [-0.15, -0.1) is 0 Å². The minimum absolute atomic E-state index is 0.00322. The molecule has 0 aliphatic carbocycles. The van der Waals surface area contributed by atoms with Crippen molar-refractivity contribution >= 4 is 29.1 Å². The molecule has 2 rings (SSSR count). The van der Waals surface area contributed by atoms with Crippen molar-refractivity contribution < 1.29 is 14.4 Å². The molecule has 0 saturated carbocycles. The van der Waals surface area contributed by atoms with E-state index in [1.165, 1.54) is 0 Å². The maximum Gasteiger partial charge on any atom is 0.253 e.